The van der Waals surface area contributed by atoms with Crippen LogP contribution >= 0.6 is 0 Å². The minimum Gasteiger partial charge on any atom is -0.456 e. The number of hydrogen-bond donors (Lipinski definition) is 0. The molecule has 0 amide bonds. The highest BCUT2D eigenvalue weighted by molar-refractivity contribution is 6.20. The molecule has 10 aromatic rings. The molecule has 0 spiro atoms. The van der Waals surface area contributed by atoms with E-state index in [9.17, 15) is 0 Å². The Morgan fingerprint density at radius 3 is 1.70 bits per heavy atom. The quantitative estimate of drug-likeness (QED) is 0.175. The maximum Gasteiger partial charge on any atom is 0.136 e. The fraction of sp³-hybridized carbons (Fsp3) is 0. The van der Waals surface area contributed by atoms with E-state index in [1.807, 2.05) is 6.07 Å². The van der Waals surface area contributed by atoms with Crippen LogP contribution < -0.4 is 4.90 Å². The Hall–Kier alpha value is -6.64. The van der Waals surface area contributed by atoms with Crippen LogP contribution in [-0.2, 0) is 0 Å². The number of hydrogen-bond acceptors (Lipinski definition) is 2. The van der Waals surface area contributed by atoms with Crippen LogP contribution in [0.15, 0.2) is 192 Å². The molecule has 0 bridgehead atoms. The van der Waals surface area contributed by atoms with Crippen LogP contribution in [0.1, 0.15) is 0 Å². The summed E-state index contributed by atoms with van der Waals surface area (Å²) in [6, 6.07) is 67.6. The van der Waals surface area contributed by atoms with Crippen LogP contribution in [0.4, 0.5) is 17.1 Å². The molecule has 0 aliphatic heterocycles. The second-order valence-electron chi connectivity index (χ2n) is 13.0. The van der Waals surface area contributed by atoms with Crippen LogP contribution in [-0.4, -0.2) is 0 Å². The van der Waals surface area contributed by atoms with Gasteiger partial charge in [-0.2, -0.15) is 0 Å². The Kier molecular flexibility index (Phi) is 6.53. The molecule has 2 nitrogen and oxygen atoms in total. The zero-order chi connectivity index (χ0) is 33.0. The van der Waals surface area contributed by atoms with Crippen LogP contribution in [0.2, 0.25) is 0 Å². The molecular weight excluding hydrogens is 607 g/mol. The molecule has 0 saturated heterocycles. The Morgan fingerprint density at radius 1 is 0.300 bits per heavy atom. The average Bonchev–Trinajstić information content (AvgIpc) is 3.55. The number of nitrogens with zero attached hydrogens (tertiary/aromatic N) is 1. The summed E-state index contributed by atoms with van der Waals surface area (Å²) in [4.78, 5) is 2.41. The van der Waals surface area contributed by atoms with Gasteiger partial charge in [0.05, 0.1) is 5.69 Å². The summed E-state index contributed by atoms with van der Waals surface area (Å²) in [6.45, 7) is 0. The van der Waals surface area contributed by atoms with Gasteiger partial charge in [0, 0.05) is 27.5 Å². The lowest BCUT2D eigenvalue weighted by Gasteiger charge is -2.28. The highest BCUT2D eigenvalue weighted by Gasteiger charge is 2.20. The molecule has 0 atom stereocenters. The van der Waals surface area contributed by atoms with E-state index in [0.29, 0.717) is 0 Å². The van der Waals surface area contributed by atoms with Gasteiger partial charge in [0.15, 0.2) is 0 Å². The van der Waals surface area contributed by atoms with Gasteiger partial charge in [-0.1, -0.05) is 133 Å². The van der Waals surface area contributed by atoms with Gasteiger partial charge in [0.2, 0.25) is 0 Å². The molecule has 0 saturated carbocycles. The van der Waals surface area contributed by atoms with Crippen LogP contribution in [0.3, 0.4) is 0 Å². The summed E-state index contributed by atoms with van der Waals surface area (Å²) in [5.41, 5.74) is 9.91. The van der Waals surface area contributed by atoms with Crippen molar-refractivity contribution in [2.45, 2.75) is 0 Å². The largest absolute Gasteiger partial charge is 0.456 e. The second kappa shape index (κ2) is 11.5. The molecule has 9 aromatic carbocycles. The summed E-state index contributed by atoms with van der Waals surface area (Å²) in [7, 11) is 0. The second-order valence-corrected chi connectivity index (χ2v) is 13.0. The highest BCUT2D eigenvalue weighted by atomic mass is 16.3. The van der Waals surface area contributed by atoms with Gasteiger partial charge < -0.3 is 9.32 Å². The molecule has 0 fully saturated rings. The zero-order valence-electron chi connectivity index (χ0n) is 27.3. The van der Waals surface area contributed by atoms with Crippen molar-refractivity contribution >= 4 is 71.3 Å². The first-order valence-electron chi connectivity index (χ1n) is 17.1. The molecule has 0 aliphatic rings. The number of anilines is 3. The van der Waals surface area contributed by atoms with Crippen molar-refractivity contribution in [2.75, 3.05) is 4.90 Å². The Morgan fingerprint density at radius 2 is 0.900 bits per heavy atom. The molecule has 50 heavy (non-hydrogen) atoms. The third kappa shape index (κ3) is 4.73. The van der Waals surface area contributed by atoms with E-state index in [2.05, 4.69) is 187 Å². The van der Waals surface area contributed by atoms with E-state index in [1.165, 1.54) is 49.2 Å². The summed E-state index contributed by atoms with van der Waals surface area (Å²) in [5, 5.41) is 9.44. The summed E-state index contributed by atoms with van der Waals surface area (Å²) < 4.78 is 6.47. The number of furan rings is 1. The maximum absolute atomic E-state index is 6.47. The molecule has 0 aliphatic carbocycles. The minimum absolute atomic E-state index is 0.890. The summed E-state index contributed by atoms with van der Waals surface area (Å²) in [5.74, 6) is 0. The van der Waals surface area contributed by atoms with Gasteiger partial charge in [-0.25, -0.2) is 0 Å². The normalized spacial score (nSPS) is 11.6. The SMILES string of the molecule is c1ccc(-c2ccc(N(c3ccc4cc(-c5ccccc5)ccc4c3)c3cc4ccccc4c4cc5c(cc34)oc3ccccc35)cc2)cc1. The van der Waals surface area contributed by atoms with Crippen molar-refractivity contribution in [1.82, 2.24) is 0 Å². The molecular formula is C48H31NO. The summed E-state index contributed by atoms with van der Waals surface area (Å²) in [6.07, 6.45) is 0. The molecule has 0 unspecified atom stereocenters. The van der Waals surface area contributed by atoms with Gasteiger partial charge >= 0.3 is 0 Å². The van der Waals surface area contributed by atoms with Crippen molar-refractivity contribution in [3.8, 4) is 22.3 Å². The number of fused-ring (bicyclic) bond motifs is 7. The molecule has 1 aromatic heterocycles. The first kappa shape index (κ1) is 28.4. The van der Waals surface area contributed by atoms with Crippen molar-refractivity contribution < 1.29 is 4.42 Å². The fourth-order valence-electron chi connectivity index (χ4n) is 7.53. The first-order chi connectivity index (χ1) is 24.8. The van der Waals surface area contributed by atoms with Gasteiger partial charge in [0.25, 0.3) is 0 Å². The average molecular weight is 638 g/mol. The van der Waals surface area contributed by atoms with Crippen molar-refractivity contribution in [2.24, 2.45) is 0 Å². The Balaban J connectivity index is 1.22. The Bertz CT molecular complexity index is 2850. The third-order valence-electron chi connectivity index (χ3n) is 10.00. The lowest BCUT2D eigenvalue weighted by molar-refractivity contribution is 0.669. The van der Waals surface area contributed by atoms with Crippen molar-refractivity contribution in [3.63, 3.8) is 0 Å². The van der Waals surface area contributed by atoms with E-state index in [1.54, 1.807) is 0 Å². The van der Waals surface area contributed by atoms with E-state index >= 15 is 0 Å². The molecule has 0 N–H and O–H groups in total. The monoisotopic (exact) mass is 637 g/mol. The van der Waals surface area contributed by atoms with E-state index in [0.717, 1.165) is 44.4 Å². The van der Waals surface area contributed by atoms with E-state index in [4.69, 9.17) is 4.42 Å². The predicted molar refractivity (Wildman–Crippen MR) is 212 cm³/mol. The lowest BCUT2D eigenvalue weighted by Crippen LogP contribution is -2.10. The smallest absolute Gasteiger partial charge is 0.136 e. The van der Waals surface area contributed by atoms with Crippen molar-refractivity contribution in [1.29, 1.82) is 0 Å². The number of benzene rings is 9. The third-order valence-corrected chi connectivity index (χ3v) is 10.00. The van der Waals surface area contributed by atoms with Gasteiger partial charge in [-0.15, -0.1) is 0 Å². The molecule has 1 heterocycles. The molecule has 10 rings (SSSR count). The van der Waals surface area contributed by atoms with Crippen LogP contribution in [0.5, 0.6) is 0 Å². The first-order valence-corrected chi connectivity index (χ1v) is 17.1. The Labute approximate surface area is 290 Å². The number of rotatable bonds is 5. The van der Waals surface area contributed by atoms with E-state index in [-0.39, 0.29) is 0 Å². The van der Waals surface area contributed by atoms with Gasteiger partial charge in [-0.05, 0) is 104 Å². The highest BCUT2D eigenvalue weighted by Crippen LogP contribution is 2.45. The predicted octanol–water partition coefficient (Wildman–Crippen LogP) is 13.8. The standard InChI is InChI=1S/C48H31NO/c1-3-11-32(12-4-1)34-21-24-39(25-22-34)49(40-26-23-36-27-35(19-20-37(36)28-40)33-13-5-2-6-14-33)46-29-38-15-7-8-16-41(38)43-30-45-42-17-9-10-18-47(42)50-48(45)31-44(43)46/h1-31H. The zero-order valence-corrected chi connectivity index (χ0v) is 27.3. The van der Waals surface area contributed by atoms with Gasteiger partial charge in [-0.3, -0.25) is 0 Å². The van der Waals surface area contributed by atoms with Crippen LogP contribution in [0, 0.1) is 0 Å². The maximum atomic E-state index is 6.47. The van der Waals surface area contributed by atoms with Gasteiger partial charge in [0.1, 0.15) is 11.2 Å². The lowest BCUT2D eigenvalue weighted by atomic mass is 9.96. The summed E-state index contributed by atoms with van der Waals surface area (Å²) >= 11 is 0. The van der Waals surface area contributed by atoms with Crippen LogP contribution in [0.25, 0.3) is 76.5 Å². The molecule has 0 radical (unpaired) electrons. The van der Waals surface area contributed by atoms with E-state index < -0.39 is 0 Å². The minimum atomic E-state index is 0.890. The molecule has 2 heteroatoms. The van der Waals surface area contributed by atoms with Crippen molar-refractivity contribution in [3.05, 3.63) is 188 Å². The fourth-order valence-corrected chi connectivity index (χ4v) is 7.53. The molecule has 234 valence electrons. The number of para-hydroxylation sites is 1. The topological polar surface area (TPSA) is 16.4 Å².